The zero-order valence-electron chi connectivity index (χ0n) is 24.9. The summed E-state index contributed by atoms with van der Waals surface area (Å²) in [6.07, 6.45) is 6.67. The number of carbonyl (C=O) groups excluding carboxylic acids is 3. The zero-order chi connectivity index (χ0) is 31.2. The summed E-state index contributed by atoms with van der Waals surface area (Å²) in [5, 5.41) is 20.0. The third-order valence-electron chi connectivity index (χ3n) is 8.67. The molecule has 2 atom stereocenters. The lowest BCUT2D eigenvalue weighted by Crippen LogP contribution is -2.57. The first-order valence-corrected chi connectivity index (χ1v) is 15.1. The van der Waals surface area contributed by atoms with Gasteiger partial charge in [-0.25, -0.2) is 0 Å². The van der Waals surface area contributed by atoms with Crippen LogP contribution >= 0.6 is 0 Å². The summed E-state index contributed by atoms with van der Waals surface area (Å²) in [4.78, 5) is 60.2. The number of H-pyrrole nitrogens is 1. The second-order valence-corrected chi connectivity index (χ2v) is 11.8. The molecule has 13 heteroatoms. The number of pyridine rings is 1. The number of piperidine rings is 1. The van der Waals surface area contributed by atoms with E-state index in [1.54, 1.807) is 28.4 Å². The van der Waals surface area contributed by atoms with Crippen molar-refractivity contribution < 1.29 is 24.3 Å². The summed E-state index contributed by atoms with van der Waals surface area (Å²) in [7, 11) is 0. The van der Waals surface area contributed by atoms with Crippen molar-refractivity contribution in [2.24, 2.45) is 11.7 Å². The monoisotopic (exact) mass is 604 g/mol. The van der Waals surface area contributed by atoms with Gasteiger partial charge in [0.1, 0.15) is 12.5 Å². The van der Waals surface area contributed by atoms with Gasteiger partial charge in [-0.05, 0) is 67.9 Å². The van der Waals surface area contributed by atoms with Crippen LogP contribution in [0.25, 0.3) is 10.9 Å². The number of nitrogens with two attached hydrogens (primary N) is 1. The molecule has 0 aliphatic carbocycles. The van der Waals surface area contributed by atoms with Crippen molar-refractivity contribution in [2.75, 3.05) is 44.2 Å². The van der Waals surface area contributed by atoms with E-state index in [-0.39, 0.29) is 11.8 Å². The molecule has 2 unspecified atom stereocenters. The van der Waals surface area contributed by atoms with Crippen LogP contribution in [0.2, 0.25) is 0 Å². The van der Waals surface area contributed by atoms with Gasteiger partial charge in [-0.15, -0.1) is 0 Å². The number of benzene rings is 1. The second-order valence-electron chi connectivity index (χ2n) is 11.8. The number of piperazine rings is 1. The molecule has 2 saturated heterocycles. The predicted octanol–water partition coefficient (Wildman–Crippen LogP) is 1.07. The summed E-state index contributed by atoms with van der Waals surface area (Å²) in [6.45, 7) is 5.18. The molecule has 0 saturated carbocycles. The molecule has 3 amide bonds. The standard InChI is InChI=1S/C31H40N8O5/c1-20-14-22(15-23-19-34-36-29(20)23)16-25(32)30(43)35-26(17-21-4-8-38(9-5-21)27(40)18-28(41)42)31(44)39-12-10-37(11-13-39)24-2-6-33-7-3-24/h2-3,6-7,14-15,19,21,25-26H,4-5,8-13,16-18,32H2,1H3,(H,34,36)(H,35,43)(H,41,42). The Morgan fingerprint density at radius 2 is 1.75 bits per heavy atom. The van der Waals surface area contributed by atoms with E-state index in [1.165, 1.54) is 0 Å². The molecule has 234 valence electrons. The number of aromatic amines is 1. The van der Waals surface area contributed by atoms with Crippen LogP contribution in [0, 0.1) is 12.8 Å². The van der Waals surface area contributed by atoms with Crippen LogP contribution in [0.3, 0.4) is 0 Å². The number of hydrogen-bond donors (Lipinski definition) is 4. The fourth-order valence-corrected chi connectivity index (χ4v) is 6.23. The van der Waals surface area contributed by atoms with Gasteiger partial charge in [0.15, 0.2) is 0 Å². The molecule has 2 aliphatic rings. The number of carboxylic acid groups (broad SMARTS) is 1. The summed E-state index contributed by atoms with van der Waals surface area (Å²) < 4.78 is 0. The number of likely N-dealkylation sites (tertiary alicyclic amines) is 1. The van der Waals surface area contributed by atoms with Gasteiger partial charge in [0, 0.05) is 62.7 Å². The Morgan fingerprint density at radius 1 is 1.05 bits per heavy atom. The number of nitrogens with zero attached hydrogens (tertiary/aromatic N) is 5. The lowest BCUT2D eigenvalue weighted by molar-refractivity contribution is -0.145. The molecule has 44 heavy (non-hydrogen) atoms. The molecule has 0 spiro atoms. The first-order valence-electron chi connectivity index (χ1n) is 15.1. The number of carboxylic acids is 1. The highest BCUT2D eigenvalue weighted by atomic mass is 16.4. The first kappa shape index (κ1) is 30.9. The van der Waals surface area contributed by atoms with E-state index in [0.29, 0.717) is 65.0 Å². The predicted molar refractivity (Wildman–Crippen MR) is 164 cm³/mol. The van der Waals surface area contributed by atoms with Gasteiger partial charge in [0.2, 0.25) is 17.7 Å². The van der Waals surface area contributed by atoms with E-state index in [1.807, 2.05) is 31.2 Å². The molecule has 0 radical (unpaired) electrons. The van der Waals surface area contributed by atoms with E-state index in [2.05, 4.69) is 25.4 Å². The molecule has 2 aromatic heterocycles. The summed E-state index contributed by atoms with van der Waals surface area (Å²) >= 11 is 0. The highest BCUT2D eigenvalue weighted by Crippen LogP contribution is 2.25. The number of aromatic nitrogens is 3. The van der Waals surface area contributed by atoms with E-state index in [4.69, 9.17) is 10.8 Å². The highest BCUT2D eigenvalue weighted by molar-refractivity contribution is 5.93. The number of aryl methyl sites for hydroxylation is 1. The van der Waals surface area contributed by atoms with Gasteiger partial charge in [0.25, 0.3) is 0 Å². The maximum Gasteiger partial charge on any atom is 0.312 e. The normalized spacial score (nSPS) is 17.4. The SMILES string of the molecule is Cc1cc(CC(N)C(=O)NC(CC2CCN(C(=O)CC(=O)O)CC2)C(=O)N2CCN(c3ccncc3)CC2)cc2cn[nH]c12. The Morgan fingerprint density at radius 3 is 2.43 bits per heavy atom. The van der Waals surface area contributed by atoms with Crippen molar-refractivity contribution in [2.45, 2.75) is 51.1 Å². The van der Waals surface area contributed by atoms with Crippen LogP contribution in [0.15, 0.2) is 42.9 Å². The number of aliphatic carboxylic acids is 1. The van der Waals surface area contributed by atoms with Gasteiger partial charge in [-0.1, -0.05) is 6.07 Å². The molecular weight excluding hydrogens is 564 g/mol. The number of amides is 3. The summed E-state index contributed by atoms with van der Waals surface area (Å²) in [6, 6.07) is 6.22. The Hall–Kier alpha value is -4.52. The third kappa shape index (κ3) is 7.51. The highest BCUT2D eigenvalue weighted by Gasteiger charge is 2.34. The van der Waals surface area contributed by atoms with Crippen molar-refractivity contribution in [3.63, 3.8) is 0 Å². The fraction of sp³-hybridized carbons (Fsp3) is 0.484. The Kier molecular flexibility index (Phi) is 9.73. The van der Waals surface area contributed by atoms with E-state index in [0.717, 1.165) is 27.7 Å². The average molecular weight is 605 g/mol. The number of nitrogens with one attached hydrogen (secondary N) is 2. The summed E-state index contributed by atoms with van der Waals surface area (Å²) in [5.41, 5.74) is 10.3. The van der Waals surface area contributed by atoms with Crippen molar-refractivity contribution in [3.05, 3.63) is 54.0 Å². The number of hydrogen-bond acceptors (Lipinski definition) is 8. The van der Waals surface area contributed by atoms with Crippen molar-refractivity contribution in [1.82, 2.24) is 30.3 Å². The minimum atomic E-state index is -1.15. The second kappa shape index (κ2) is 13.8. The molecule has 13 nitrogen and oxygen atoms in total. The molecule has 2 aliphatic heterocycles. The maximum absolute atomic E-state index is 13.9. The quantitative estimate of drug-likeness (QED) is 0.247. The first-order chi connectivity index (χ1) is 21.2. The Balaban J connectivity index is 1.24. The molecule has 1 aromatic carbocycles. The average Bonchev–Trinajstić information content (AvgIpc) is 3.50. The number of anilines is 1. The van der Waals surface area contributed by atoms with E-state index >= 15 is 0 Å². The molecule has 4 heterocycles. The topological polar surface area (TPSA) is 178 Å². The van der Waals surface area contributed by atoms with Gasteiger partial charge in [-0.3, -0.25) is 29.3 Å². The van der Waals surface area contributed by atoms with Gasteiger partial charge >= 0.3 is 5.97 Å². The number of rotatable bonds is 10. The lowest BCUT2D eigenvalue weighted by atomic mass is 9.89. The van der Waals surface area contributed by atoms with E-state index in [9.17, 15) is 19.2 Å². The number of fused-ring (bicyclic) bond motifs is 1. The molecule has 3 aromatic rings. The molecular formula is C31H40N8O5. The Bertz CT molecular complexity index is 1480. The van der Waals surface area contributed by atoms with Crippen LogP contribution in [-0.4, -0.2) is 105 Å². The molecule has 5 rings (SSSR count). The maximum atomic E-state index is 13.9. The van der Waals surface area contributed by atoms with E-state index < -0.39 is 36.3 Å². The van der Waals surface area contributed by atoms with Crippen LogP contribution in [0.1, 0.15) is 36.8 Å². The fourth-order valence-electron chi connectivity index (χ4n) is 6.23. The van der Waals surface area contributed by atoms with Crippen molar-refractivity contribution in [3.8, 4) is 0 Å². The van der Waals surface area contributed by atoms with Gasteiger partial charge in [-0.2, -0.15) is 5.10 Å². The molecule has 2 fully saturated rings. The van der Waals surface area contributed by atoms with Gasteiger partial charge < -0.3 is 30.9 Å². The summed E-state index contributed by atoms with van der Waals surface area (Å²) in [5.74, 6) is -2.00. The Labute approximate surface area is 255 Å². The van der Waals surface area contributed by atoms with Crippen LogP contribution in [0.4, 0.5) is 5.69 Å². The van der Waals surface area contributed by atoms with Crippen LogP contribution < -0.4 is 16.0 Å². The molecule has 5 N–H and O–H groups in total. The lowest BCUT2D eigenvalue weighted by Gasteiger charge is -2.39. The smallest absolute Gasteiger partial charge is 0.312 e. The van der Waals surface area contributed by atoms with Crippen LogP contribution in [0.5, 0.6) is 0 Å². The van der Waals surface area contributed by atoms with Gasteiger partial charge in [0.05, 0.1) is 17.8 Å². The third-order valence-corrected chi connectivity index (χ3v) is 8.67. The minimum Gasteiger partial charge on any atom is -0.481 e. The van der Waals surface area contributed by atoms with Crippen molar-refractivity contribution >= 4 is 40.3 Å². The van der Waals surface area contributed by atoms with Crippen LogP contribution in [-0.2, 0) is 25.6 Å². The zero-order valence-corrected chi connectivity index (χ0v) is 24.9. The number of carbonyl (C=O) groups is 4. The minimum absolute atomic E-state index is 0.0820. The largest absolute Gasteiger partial charge is 0.481 e. The van der Waals surface area contributed by atoms with Crippen molar-refractivity contribution in [1.29, 1.82) is 0 Å². The molecule has 0 bridgehead atoms.